The first-order chi connectivity index (χ1) is 28.1. The number of nitrogens with zero attached hydrogens (tertiary/aromatic N) is 4. The zero-order chi connectivity index (χ0) is 45.7. The van der Waals surface area contributed by atoms with Crippen LogP contribution in [0, 0.1) is 0 Å². The highest BCUT2D eigenvalue weighted by molar-refractivity contribution is 7.51. The first-order valence-electron chi connectivity index (χ1n) is 21.8. The first-order valence-corrected chi connectivity index (χ1v) is 25.3. The maximum absolute atomic E-state index is 12.2. The van der Waals surface area contributed by atoms with E-state index >= 15 is 0 Å². The van der Waals surface area contributed by atoms with E-state index in [4.69, 9.17) is 18.9 Å². The van der Waals surface area contributed by atoms with Crippen LogP contribution in [0.5, 0.6) is 11.5 Å². The van der Waals surface area contributed by atoms with Crippen LogP contribution in [0.15, 0.2) is 36.4 Å². The molecule has 2 aliphatic rings. The van der Waals surface area contributed by atoms with Gasteiger partial charge in [0.15, 0.2) is 0 Å². The molecular weight excluding hydrogens is 822 g/mol. The summed E-state index contributed by atoms with van der Waals surface area (Å²) in [6, 6.07) is 9.79. The summed E-state index contributed by atoms with van der Waals surface area (Å²) in [5, 5.41) is 10.4. The zero-order valence-corrected chi connectivity index (χ0v) is 40.6. The molecule has 0 spiro atoms. The largest absolute Gasteiger partial charge is 0.778 e. The second kappa shape index (κ2) is 23.3. The minimum Gasteiger partial charge on any atom is -0.778 e. The van der Waals surface area contributed by atoms with Crippen LogP contribution in [-0.2, 0) is 44.9 Å². The summed E-state index contributed by atoms with van der Waals surface area (Å²) in [7, 11) is 4.27. The van der Waals surface area contributed by atoms with Gasteiger partial charge in [-0.25, -0.2) is 0 Å². The van der Waals surface area contributed by atoms with Gasteiger partial charge >= 0.3 is 7.60 Å². The molecule has 0 aliphatic carbocycles. The number of fused-ring (bicyclic) bond motifs is 2. The number of unbranched alkanes of at least 4 members (excludes halogenated alkanes) is 8. The highest BCUT2D eigenvalue weighted by atomic mass is 31.2. The normalized spacial score (nSPS) is 17.7. The lowest BCUT2D eigenvalue weighted by molar-refractivity contribution is -0.870. The molecular formula is C44H79N4O11P2+. The molecule has 17 heteroatoms. The SMILES string of the molecule is CC1(C)OCc2cccc(CN(CC(CO)N(Cc3cccc4c3OC(C)(C)OC4)CP(=O)([O-])O)CP(=O)(O)O)c2O1.C[N+](C)(C)CCCCCCCCCCC[N+](C)(C)C. The molecule has 4 N–H and O–H groups in total. The fourth-order valence-electron chi connectivity index (χ4n) is 7.48. The minimum absolute atomic E-state index is 0.0260. The van der Waals surface area contributed by atoms with Gasteiger partial charge in [-0.2, -0.15) is 0 Å². The van der Waals surface area contributed by atoms with E-state index in [1.807, 2.05) is 12.1 Å². The van der Waals surface area contributed by atoms with Gasteiger partial charge in [-0.05, 0) is 25.7 Å². The van der Waals surface area contributed by atoms with Gasteiger partial charge in [0.05, 0.1) is 81.5 Å². The van der Waals surface area contributed by atoms with Crippen LogP contribution in [0.1, 0.15) is 108 Å². The standard InChI is InChI=1S/C27H40N2O11P2.C17H40N2/c1-26(2)37-15-21-9-5-7-19(24(21)39-26)11-28(17-41(31,32)33)13-23(14-30)29(18-42(34,35)36)12-20-8-6-10-22-16-38-27(3,4)40-25(20)22;1-18(2,3)16-14-12-10-8-7-9-11-13-15-17-19(4,5)6/h5-10,23,30H,11-18H2,1-4H3,(H2,31,32,33)(H2,34,35,36);7-17H2,1-6H3/q;+2/p-1. The number of quaternary nitrogens is 2. The van der Waals surface area contributed by atoms with Gasteiger partial charge < -0.3 is 57.2 Å². The van der Waals surface area contributed by atoms with Crippen molar-refractivity contribution in [3.05, 3.63) is 58.7 Å². The quantitative estimate of drug-likeness (QED) is 0.0533. The van der Waals surface area contributed by atoms with E-state index in [0.29, 0.717) is 29.2 Å². The average molecular weight is 902 g/mol. The zero-order valence-electron chi connectivity index (χ0n) is 38.8. The number of benzene rings is 2. The third-order valence-corrected chi connectivity index (χ3v) is 12.1. The molecule has 0 radical (unpaired) electrons. The van der Waals surface area contributed by atoms with Crippen molar-refractivity contribution in [3.8, 4) is 11.5 Å². The molecule has 0 aromatic heterocycles. The van der Waals surface area contributed by atoms with E-state index < -0.39 is 52.0 Å². The molecule has 15 nitrogen and oxygen atoms in total. The summed E-state index contributed by atoms with van der Waals surface area (Å²) in [5.41, 5.74) is 2.78. The molecule has 0 saturated carbocycles. The molecule has 2 aromatic rings. The van der Waals surface area contributed by atoms with Gasteiger partial charge in [0.25, 0.3) is 0 Å². The lowest BCUT2D eigenvalue weighted by Gasteiger charge is -2.39. The van der Waals surface area contributed by atoms with Crippen LogP contribution in [0.4, 0.5) is 0 Å². The first kappa shape index (κ1) is 53.4. The lowest BCUT2D eigenvalue weighted by Crippen LogP contribution is -2.47. The molecule has 0 amide bonds. The lowest BCUT2D eigenvalue weighted by atomic mass is 10.1. The van der Waals surface area contributed by atoms with Gasteiger partial charge in [-0.3, -0.25) is 14.4 Å². The van der Waals surface area contributed by atoms with E-state index in [0.717, 1.165) is 20.1 Å². The van der Waals surface area contributed by atoms with Crippen LogP contribution in [0.2, 0.25) is 0 Å². The van der Waals surface area contributed by atoms with Crippen LogP contribution in [0.25, 0.3) is 0 Å². The highest BCUT2D eigenvalue weighted by Gasteiger charge is 2.34. The molecule has 4 rings (SSSR count). The number of aliphatic hydroxyl groups is 1. The van der Waals surface area contributed by atoms with Gasteiger partial charge in [-0.1, -0.05) is 68.5 Å². The van der Waals surface area contributed by atoms with E-state index in [2.05, 4.69) is 42.3 Å². The number of hydrogen-bond acceptors (Lipinski definition) is 10. The number of rotatable bonds is 24. The molecule has 2 aromatic carbocycles. The predicted molar refractivity (Wildman–Crippen MR) is 238 cm³/mol. The summed E-state index contributed by atoms with van der Waals surface area (Å²) in [4.78, 5) is 44.5. The Morgan fingerprint density at radius 2 is 1.08 bits per heavy atom. The maximum Gasteiger partial charge on any atom is 0.339 e. The van der Waals surface area contributed by atoms with E-state index in [9.17, 15) is 33.8 Å². The Balaban J connectivity index is 0.000000441. The molecule has 0 bridgehead atoms. The van der Waals surface area contributed by atoms with Crippen molar-refractivity contribution >= 4 is 15.2 Å². The van der Waals surface area contributed by atoms with Crippen molar-refractivity contribution in [1.29, 1.82) is 0 Å². The Hall–Kier alpha value is -1.94. The third kappa shape index (κ3) is 21.5. The van der Waals surface area contributed by atoms with Crippen molar-refractivity contribution in [2.24, 2.45) is 0 Å². The highest BCUT2D eigenvalue weighted by Crippen LogP contribution is 2.40. The predicted octanol–water partition coefficient (Wildman–Crippen LogP) is 6.19. The summed E-state index contributed by atoms with van der Waals surface area (Å²) in [5.74, 6) is -0.779. The molecule has 2 unspecified atom stereocenters. The number of aliphatic hydroxyl groups excluding tert-OH is 1. The second-order valence-electron chi connectivity index (χ2n) is 19.8. The van der Waals surface area contributed by atoms with E-state index in [-0.39, 0.29) is 26.2 Å². The summed E-state index contributed by atoms with van der Waals surface area (Å²) in [6.07, 6.45) is 11.4. The van der Waals surface area contributed by atoms with Crippen molar-refractivity contribution in [2.45, 2.75) is 129 Å². The summed E-state index contributed by atoms with van der Waals surface area (Å²) < 4.78 is 50.0. The molecule has 0 fully saturated rings. The third-order valence-electron chi connectivity index (χ3n) is 10.6. The summed E-state index contributed by atoms with van der Waals surface area (Å²) in [6.45, 7) is 9.51. The molecule has 2 heterocycles. The van der Waals surface area contributed by atoms with Crippen molar-refractivity contribution in [2.75, 3.05) is 81.1 Å². The fraction of sp³-hybridized carbons (Fsp3) is 0.727. The van der Waals surface area contributed by atoms with Gasteiger partial charge in [-0.15, -0.1) is 0 Å². The van der Waals surface area contributed by atoms with E-state index in [1.165, 1.54) is 80.7 Å². The van der Waals surface area contributed by atoms with Crippen LogP contribution >= 0.6 is 15.2 Å². The van der Waals surface area contributed by atoms with Gasteiger partial charge in [0, 0.05) is 75.6 Å². The molecule has 2 atom stereocenters. The molecule has 2 aliphatic heterocycles. The Bertz CT molecular complexity index is 1710. The smallest absolute Gasteiger partial charge is 0.339 e. The van der Waals surface area contributed by atoms with Crippen LogP contribution in [-0.4, -0.2) is 137 Å². The molecule has 61 heavy (non-hydrogen) atoms. The number of para-hydroxylation sites is 2. The summed E-state index contributed by atoms with van der Waals surface area (Å²) >= 11 is 0. The fourth-order valence-corrected chi connectivity index (χ4v) is 9.01. The van der Waals surface area contributed by atoms with Gasteiger partial charge in [0.1, 0.15) is 25.4 Å². The average Bonchev–Trinajstić information content (AvgIpc) is 3.10. The second-order valence-corrected chi connectivity index (χ2v) is 23.0. The topological polar surface area (TPSA) is 182 Å². The van der Waals surface area contributed by atoms with E-state index in [1.54, 1.807) is 52.0 Å². The number of ether oxygens (including phenoxy) is 4. The van der Waals surface area contributed by atoms with Crippen molar-refractivity contribution in [1.82, 2.24) is 9.80 Å². The van der Waals surface area contributed by atoms with Gasteiger partial charge in [0.2, 0.25) is 11.6 Å². The minimum atomic E-state index is -4.87. The molecule has 0 saturated heterocycles. The monoisotopic (exact) mass is 902 g/mol. The Morgan fingerprint density at radius 3 is 1.46 bits per heavy atom. The number of hydrogen-bond donors (Lipinski definition) is 4. The Kier molecular flexibility index (Phi) is 20.4. The maximum atomic E-state index is 12.2. The van der Waals surface area contributed by atoms with Crippen LogP contribution in [0.3, 0.4) is 0 Å². The Morgan fingerprint density at radius 1 is 0.672 bits per heavy atom. The van der Waals surface area contributed by atoms with Crippen molar-refractivity contribution < 1.29 is 61.7 Å². The van der Waals surface area contributed by atoms with Crippen molar-refractivity contribution in [3.63, 3.8) is 0 Å². The Labute approximate surface area is 366 Å². The molecule has 350 valence electrons. The van der Waals surface area contributed by atoms with Crippen LogP contribution < -0.4 is 14.4 Å².